The van der Waals surface area contributed by atoms with Crippen LogP contribution in [0.2, 0.25) is 0 Å². The van der Waals surface area contributed by atoms with Crippen LogP contribution in [-0.4, -0.2) is 17.1 Å². The van der Waals surface area contributed by atoms with Crippen molar-refractivity contribution in [2.24, 2.45) is 0 Å². The van der Waals surface area contributed by atoms with Gasteiger partial charge in [0.15, 0.2) is 0 Å². The van der Waals surface area contributed by atoms with Crippen molar-refractivity contribution in [3.8, 4) is 17.0 Å². The van der Waals surface area contributed by atoms with E-state index >= 15 is 0 Å². The van der Waals surface area contributed by atoms with Gasteiger partial charge in [0.2, 0.25) is 5.82 Å². The number of H-pyrrole nitrogens is 1. The normalized spacial score (nSPS) is 11.4. The van der Waals surface area contributed by atoms with Gasteiger partial charge in [-0.1, -0.05) is 12.2 Å². The summed E-state index contributed by atoms with van der Waals surface area (Å²) < 4.78 is 56.3. The van der Waals surface area contributed by atoms with Crippen LogP contribution in [0.25, 0.3) is 11.3 Å². The van der Waals surface area contributed by atoms with Crippen LogP contribution in [0.1, 0.15) is 5.82 Å². The maximum Gasteiger partial charge on any atom is 0.449 e. The highest BCUT2D eigenvalue weighted by Gasteiger charge is 2.34. The molecule has 1 N–H and O–H groups in total. The van der Waals surface area contributed by atoms with Gasteiger partial charge in [-0.05, 0) is 18.2 Å². The first-order chi connectivity index (χ1) is 9.31. The van der Waals surface area contributed by atoms with Gasteiger partial charge in [-0.2, -0.15) is 13.2 Å². The summed E-state index contributed by atoms with van der Waals surface area (Å²) in [7, 11) is 1.36. The van der Waals surface area contributed by atoms with E-state index in [-0.39, 0.29) is 21.6 Å². The first-order valence-electron chi connectivity index (χ1n) is 5.34. The van der Waals surface area contributed by atoms with E-state index in [0.29, 0.717) is 0 Å². The lowest BCUT2D eigenvalue weighted by Crippen LogP contribution is -2.11. The van der Waals surface area contributed by atoms with Gasteiger partial charge in [-0.25, -0.2) is 9.37 Å². The van der Waals surface area contributed by atoms with Crippen LogP contribution in [0.4, 0.5) is 17.6 Å². The summed E-state index contributed by atoms with van der Waals surface area (Å²) in [6.45, 7) is 0. The van der Waals surface area contributed by atoms with Crippen molar-refractivity contribution in [1.82, 2.24) is 9.97 Å². The van der Waals surface area contributed by atoms with Crippen molar-refractivity contribution in [3.63, 3.8) is 0 Å². The number of rotatable bonds is 2. The number of nitrogens with one attached hydrogen (secondary N) is 1. The Hall–Kier alpha value is -1.96. The molecule has 2 aromatic rings. The van der Waals surface area contributed by atoms with Gasteiger partial charge in [-0.15, -0.1) is 0 Å². The largest absolute Gasteiger partial charge is 0.497 e. The zero-order chi connectivity index (χ0) is 14.9. The molecular weight excluding hydrogens is 296 g/mol. The number of hydrogen-bond donors (Lipinski definition) is 1. The first kappa shape index (κ1) is 14.4. The zero-order valence-corrected chi connectivity index (χ0v) is 10.9. The summed E-state index contributed by atoms with van der Waals surface area (Å²) in [5.74, 6) is -1.74. The van der Waals surface area contributed by atoms with E-state index in [2.05, 4.69) is 17.2 Å². The fourth-order valence-corrected chi connectivity index (χ4v) is 1.79. The number of halogens is 4. The molecule has 0 unspecified atom stereocenters. The van der Waals surface area contributed by atoms with E-state index in [4.69, 9.17) is 4.74 Å². The molecule has 8 heteroatoms. The van der Waals surface area contributed by atoms with E-state index in [9.17, 15) is 17.6 Å². The number of alkyl halides is 3. The van der Waals surface area contributed by atoms with Crippen molar-refractivity contribution in [2.75, 3.05) is 7.11 Å². The van der Waals surface area contributed by atoms with Gasteiger partial charge in [0.05, 0.1) is 12.8 Å². The summed E-state index contributed by atoms with van der Waals surface area (Å²) in [5.41, 5.74) is -0.151. The Morgan fingerprint density at radius 1 is 1.25 bits per heavy atom. The topological polar surface area (TPSA) is 37.9 Å². The summed E-state index contributed by atoms with van der Waals surface area (Å²) in [6.07, 6.45) is -4.69. The lowest BCUT2D eigenvalue weighted by atomic mass is 10.1. The van der Waals surface area contributed by atoms with Crippen LogP contribution in [-0.2, 0) is 6.18 Å². The number of benzene rings is 1. The molecule has 0 saturated carbocycles. The minimum Gasteiger partial charge on any atom is -0.497 e. The Kier molecular flexibility index (Phi) is 3.76. The molecule has 0 spiro atoms. The standard InChI is InChI=1S/C12H8F4N2OS/c1-19-6-2-3-7(8(13)4-6)9-5-10(20)18-11(17-9)12(14,15)16/h2-5H,1H3,(H,17,18,20). The molecule has 0 fully saturated rings. The molecule has 0 saturated heterocycles. The van der Waals surface area contributed by atoms with Crippen LogP contribution < -0.4 is 4.74 Å². The molecule has 106 valence electrons. The Balaban J connectivity index is 2.59. The Morgan fingerprint density at radius 3 is 2.50 bits per heavy atom. The van der Waals surface area contributed by atoms with E-state index in [0.717, 1.165) is 12.1 Å². The molecule has 0 bridgehead atoms. The molecular formula is C12H8F4N2OS. The molecule has 3 nitrogen and oxygen atoms in total. The third-order valence-corrected chi connectivity index (χ3v) is 2.69. The third kappa shape index (κ3) is 2.96. The minimum atomic E-state index is -4.69. The van der Waals surface area contributed by atoms with Gasteiger partial charge < -0.3 is 9.72 Å². The van der Waals surface area contributed by atoms with Crippen molar-refractivity contribution < 1.29 is 22.3 Å². The van der Waals surface area contributed by atoms with Gasteiger partial charge in [-0.3, -0.25) is 0 Å². The van der Waals surface area contributed by atoms with Crippen LogP contribution >= 0.6 is 12.2 Å². The molecule has 1 heterocycles. The molecule has 1 aromatic heterocycles. The number of methoxy groups -OCH3 is 1. The SMILES string of the molecule is COc1ccc(-c2cc(=S)nc(C(F)(F)F)[nH]2)c(F)c1. The van der Waals surface area contributed by atoms with E-state index in [1.54, 1.807) is 0 Å². The van der Waals surface area contributed by atoms with E-state index in [1.807, 2.05) is 4.98 Å². The third-order valence-electron chi connectivity index (χ3n) is 2.48. The Bertz CT molecular complexity index is 697. The number of hydrogen-bond acceptors (Lipinski definition) is 3. The second kappa shape index (κ2) is 5.20. The fraction of sp³-hybridized carbons (Fsp3) is 0.167. The molecule has 1 aromatic carbocycles. The zero-order valence-electron chi connectivity index (χ0n) is 10.1. The predicted octanol–water partition coefficient (Wildman–Crippen LogP) is 3.97. The van der Waals surface area contributed by atoms with E-state index < -0.39 is 17.8 Å². The lowest BCUT2D eigenvalue weighted by Gasteiger charge is -2.10. The molecule has 20 heavy (non-hydrogen) atoms. The molecule has 0 amide bonds. The van der Waals surface area contributed by atoms with Crippen molar-refractivity contribution in [3.05, 3.63) is 40.5 Å². The summed E-state index contributed by atoms with van der Waals surface area (Å²) >= 11 is 4.67. The minimum absolute atomic E-state index is 0.0511. The summed E-state index contributed by atoms with van der Waals surface area (Å²) in [6, 6.07) is 4.97. The number of ether oxygens (including phenoxy) is 1. The van der Waals surface area contributed by atoms with Crippen molar-refractivity contribution in [1.29, 1.82) is 0 Å². The highest BCUT2D eigenvalue weighted by Crippen LogP contribution is 2.29. The smallest absolute Gasteiger partial charge is 0.449 e. The first-order valence-corrected chi connectivity index (χ1v) is 5.74. The second-order valence-corrected chi connectivity index (χ2v) is 4.24. The van der Waals surface area contributed by atoms with Crippen molar-refractivity contribution >= 4 is 12.2 Å². The van der Waals surface area contributed by atoms with Gasteiger partial charge in [0.25, 0.3) is 0 Å². The summed E-state index contributed by atoms with van der Waals surface area (Å²) in [5, 5.41) is 0. The quantitative estimate of drug-likeness (QED) is 0.674. The highest BCUT2D eigenvalue weighted by molar-refractivity contribution is 7.71. The van der Waals surface area contributed by atoms with Crippen molar-refractivity contribution in [2.45, 2.75) is 6.18 Å². The molecule has 0 aliphatic carbocycles. The molecule has 0 aliphatic heterocycles. The number of nitrogens with zero attached hydrogens (tertiary/aromatic N) is 1. The molecule has 0 radical (unpaired) electrons. The summed E-state index contributed by atoms with van der Waals surface area (Å²) in [4.78, 5) is 5.22. The highest BCUT2D eigenvalue weighted by atomic mass is 32.1. The van der Waals surface area contributed by atoms with Gasteiger partial charge >= 0.3 is 6.18 Å². The molecule has 2 rings (SSSR count). The average Bonchev–Trinajstić information content (AvgIpc) is 2.36. The predicted molar refractivity (Wildman–Crippen MR) is 66.4 cm³/mol. The van der Waals surface area contributed by atoms with Gasteiger partial charge in [0.1, 0.15) is 16.2 Å². The number of aromatic nitrogens is 2. The maximum absolute atomic E-state index is 13.8. The van der Waals surface area contributed by atoms with E-state index in [1.165, 1.54) is 19.2 Å². The average molecular weight is 304 g/mol. The number of aromatic amines is 1. The molecule has 0 atom stereocenters. The van der Waals surface area contributed by atoms with Gasteiger partial charge in [0, 0.05) is 11.6 Å². The van der Waals surface area contributed by atoms with Crippen LogP contribution in [0.5, 0.6) is 5.75 Å². The molecule has 0 aliphatic rings. The Morgan fingerprint density at radius 2 is 1.95 bits per heavy atom. The van der Waals surface area contributed by atoms with Crippen LogP contribution in [0.15, 0.2) is 24.3 Å². The maximum atomic E-state index is 13.8. The Labute approximate surface area is 116 Å². The second-order valence-electron chi connectivity index (χ2n) is 3.83. The monoisotopic (exact) mass is 304 g/mol. The lowest BCUT2D eigenvalue weighted by molar-refractivity contribution is -0.145. The van der Waals surface area contributed by atoms with Crippen LogP contribution in [0.3, 0.4) is 0 Å². The van der Waals surface area contributed by atoms with Crippen LogP contribution in [0, 0.1) is 10.5 Å². The fourth-order valence-electron chi connectivity index (χ4n) is 1.58.